The van der Waals surface area contributed by atoms with Crippen LogP contribution < -0.4 is 10.0 Å². The van der Waals surface area contributed by atoms with Crippen molar-refractivity contribution in [3.63, 3.8) is 0 Å². The molecule has 0 aliphatic rings. The molecule has 0 spiro atoms. The Bertz CT molecular complexity index is 869. The van der Waals surface area contributed by atoms with E-state index in [0.717, 1.165) is 16.4 Å². The average Bonchev–Trinajstić information content (AvgIpc) is 2.62. The van der Waals surface area contributed by atoms with Crippen molar-refractivity contribution >= 4 is 49.9 Å². The molecular weight excluding hydrogens is 346 g/mol. The molecule has 0 bridgehead atoms. The van der Waals surface area contributed by atoms with Gasteiger partial charge in [-0.1, -0.05) is 72.3 Å². The molecule has 0 aromatic heterocycles. The van der Waals surface area contributed by atoms with Crippen LogP contribution in [0.1, 0.15) is 10.4 Å². The van der Waals surface area contributed by atoms with Gasteiger partial charge in [0.1, 0.15) is 5.75 Å². The van der Waals surface area contributed by atoms with E-state index in [2.05, 4.69) is 0 Å². The van der Waals surface area contributed by atoms with Gasteiger partial charge in [-0.15, -0.1) is 0 Å². The van der Waals surface area contributed by atoms with Crippen LogP contribution in [0.5, 0.6) is 5.75 Å². The summed E-state index contributed by atoms with van der Waals surface area (Å²) in [4.78, 5) is 12.8. The van der Waals surface area contributed by atoms with Gasteiger partial charge in [0.2, 0.25) is 0 Å². The van der Waals surface area contributed by atoms with Gasteiger partial charge in [0, 0.05) is 18.9 Å². The second kappa shape index (κ2) is 9.23. The predicted octanol–water partition coefficient (Wildman–Crippen LogP) is 4.78. The second-order valence-corrected chi connectivity index (χ2v) is 6.83. The minimum absolute atomic E-state index is 0. The number of hydrogen-bond acceptors (Lipinski definition) is 2. The molecule has 1 unspecified atom stereocenters. The number of rotatable bonds is 5. The molecule has 3 rings (SSSR count). The van der Waals surface area contributed by atoms with Crippen molar-refractivity contribution in [2.75, 3.05) is 7.11 Å². The maximum atomic E-state index is 12.8. The molecule has 1 radical (unpaired) electrons. The van der Waals surface area contributed by atoms with E-state index < -0.39 is 0 Å². The fourth-order valence-electron chi connectivity index (χ4n) is 2.54. The zero-order valence-electron chi connectivity index (χ0n) is 14.1. The Labute approximate surface area is 166 Å². The van der Waals surface area contributed by atoms with E-state index in [1.165, 1.54) is 0 Å². The third-order valence-corrected chi connectivity index (χ3v) is 5.18. The predicted molar refractivity (Wildman–Crippen MR) is 108 cm³/mol. The Morgan fingerprint density at radius 3 is 2.32 bits per heavy atom. The molecule has 0 aliphatic carbocycles. The maximum Gasteiger partial charge on any atom is 0.190 e. The molecule has 5 heteroatoms. The summed E-state index contributed by atoms with van der Waals surface area (Å²) in [6.45, 7) is 0. The number of carbonyl (C=O) groups is 1. The first kappa shape index (κ1) is 19.8. The summed E-state index contributed by atoms with van der Waals surface area (Å²) in [5, 5.41) is 1.42. The van der Waals surface area contributed by atoms with Crippen molar-refractivity contribution in [3.8, 4) is 16.9 Å². The molecule has 0 heterocycles. The van der Waals surface area contributed by atoms with E-state index in [0.29, 0.717) is 16.3 Å². The van der Waals surface area contributed by atoms with Gasteiger partial charge in [0.25, 0.3) is 0 Å². The van der Waals surface area contributed by atoms with E-state index in [1.54, 1.807) is 25.3 Å². The maximum absolute atomic E-state index is 12.8. The number of carbonyl (C=O) groups excluding carboxylic acids is 1. The Morgan fingerprint density at radius 2 is 1.60 bits per heavy atom. The van der Waals surface area contributed by atoms with Crippen LogP contribution in [-0.2, 0) is 0 Å². The van der Waals surface area contributed by atoms with Crippen molar-refractivity contribution < 1.29 is 9.53 Å². The molecule has 3 aromatic rings. The smallest absolute Gasteiger partial charge is 0.190 e. The van der Waals surface area contributed by atoms with Crippen molar-refractivity contribution in [1.29, 1.82) is 0 Å². The number of methoxy groups -OCH3 is 1. The van der Waals surface area contributed by atoms with Crippen LogP contribution >= 0.6 is 20.2 Å². The molecule has 121 valence electrons. The van der Waals surface area contributed by atoms with Crippen LogP contribution in [0.2, 0.25) is 5.02 Å². The fraction of sp³-hybridized carbons (Fsp3) is 0.0500. The molecule has 25 heavy (non-hydrogen) atoms. The third-order valence-electron chi connectivity index (χ3n) is 3.68. The minimum Gasteiger partial charge on any atom is -0.496 e. The quantitative estimate of drug-likeness (QED) is 0.483. The number of ether oxygens (including phenoxy) is 1. The minimum atomic E-state index is -0.0275. The molecule has 0 fully saturated rings. The van der Waals surface area contributed by atoms with E-state index >= 15 is 0 Å². The average molecular weight is 362 g/mol. The molecule has 0 saturated carbocycles. The SMILES string of the molecule is COc1cccc(Cl)c1C(=O)Pc1ccccc1-c1ccccc1.[Li]. The Kier molecular flexibility index (Phi) is 7.30. The molecule has 3 aromatic carbocycles. The topological polar surface area (TPSA) is 26.3 Å². The first-order chi connectivity index (χ1) is 11.7. The van der Waals surface area contributed by atoms with E-state index in [1.807, 2.05) is 54.6 Å². The Morgan fingerprint density at radius 1 is 0.920 bits per heavy atom. The van der Waals surface area contributed by atoms with Crippen LogP contribution in [0.3, 0.4) is 0 Å². The molecule has 0 N–H and O–H groups in total. The zero-order valence-corrected chi connectivity index (χ0v) is 15.9. The van der Waals surface area contributed by atoms with Gasteiger partial charge in [-0.25, -0.2) is 0 Å². The molecule has 0 aliphatic heterocycles. The van der Waals surface area contributed by atoms with Crippen molar-refractivity contribution in [2.45, 2.75) is 0 Å². The van der Waals surface area contributed by atoms with Crippen LogP contribution in [0.25, 0.3) is 11.1 Å². The normalized spacial score (nSPS) is 10.5. The summed E-state index contributed by atoms with van der Waals surface area (Å²) >= 11 is 6.23. The summed E-state index contributed by atoms with van der Waals surface area (Å²) in [7, 11) is 1.52. The summed E-state index contributed by atoms with van der Waals surface area (Å²) < 4.78 is 5.30. The van der Waals surface area contributed by atoms with Crippen LogP contribution in [-0.4, -0.2) is 31.5 Å². The summed E-state index contributed by atoms with van der Waals surface area (Å²) in [6, 6.07) is 23.3. The van der Waals surface area contributed by atoms with E-state index in [4.69, 9.17) is 16.3 Å². The summed E-state index contributed by atoms with van der Waals surface area (Å²) in [6.07, 6.45) is 0. The first-order valence-electron chi connectivity index (χ1n) is 7.49. The second-order valence-electron chi connectivity index (χ2n) is 5.18. The van der Waals surface area contributed by atoms with Crippen LogP contribution in [0.4, 0.5) is 0 Å². The fourth-order valence-corrected chi connectivity index (χ4v) is 4.04. The number of hydrogen-bond donors (Lipinski definition) is 0. The molecule has 0 saturated heterocycles. The summed E-state index contributed by atoms with van der Waals surface area (Å²) in [5.41, 5.74) is 2.58. The monoisotopic (exact) mass is 361 g/mol. The largest absolute Gasteiger partial charge is 0.496 e. The third kappa shape index (κ3) is 4.54. The van der Waals surface area contributed by atoms with Crippen molar-refractivity contribution in [2.24, 2.45) is 0 Å². The van der Waals surface area contributed by atoms with Gasteiger partial charge in [0.05, 0.1) is 17.7 Å². The molecule has 2 nitrogen and oxygen atoms in total. The van der Waals surface area contributed by atoms with Crippen LogP contribution in [0.15, 0.2) is 72.8 Å². The zero-order chi connectivity index (χ0) is 16.9. The van der Waals surface area contributed by atoms with Gasteiger partial charge in [-0.2, -0.15) is 0 Å². The standard InChI is InChI=1S/C20H16ClO2P.Li/c1-23-17-12-7-11-16(21)19(17)20(22)24-18-13-6-5-10-15(18)14-8-3-2-4-9-14;/h2-13,24H,1H3;. The van der Waals surface area contributed by atoms with Gasteiger partial charge in [-0.05, 0) is 37.1 Å². The molecular formula is C20H16ClLiO2P. The molecule has 1 atom stereocenters. The number of benzene rings is 3. The Balaban J connectivity index is 0.00000225. The van der Waals surface area contributed by atoms with Gasteiger partial charge >= 0.3 is 0 Å². The van der Waals surface area contributed by atoms with Gasteiger partial charge in [-0.3, -0.25) is 4.79 Å². The van der Waals surface area contributed by atoms with Crippen molar-refractivity contribution in [3.05, 3.63) is 83.4 Å². The summed E-state index contributed by atoms with van der Waals surface area (Å²) in [5.74, 6) is 0.511. The first-order valence-corrected chi connectivity index (χ1v) is 8.87. The van der Waals surface area contributed by atoms with Gasteiger partial charge in [0.15, 0.2) is 5.52 Å². The number of halogens is 1. The van der Waals surface area contributed by atoms with E-state index in [9.17, 15) is 4.79 Å². The van der Waals surface area contributed by atoms with Gasteiger partial charge < -0.3 is 4.74 Å². The van der Waals surface area contributed by atoms with Crippen LogP contribution in [0, 0.1) is 0 Å². The van der Waals surface area contributed by atoms with Crippen molar-refractivity contribution in [1.82, 2.24) is 0 Å². The van der Waals surface area contributed by atoms with E-state index in [-0.39, 0.29) is 33.0 Å². The Hall–Kier alpha value is -1.55. The molecule has 0 amide bonds.